The molecule has 0 radical (unpaired) electrons. The smallest absolute Gasteiger partial charge is 0.233 e. The average Bonchev–Trinajstić information content (AvgIpc) is 3.40. The highest BCUT2D eigenvalue weighted by molar-refractivity contribution is 8.00. The number of thioether (sulfide) groups is 1. The normalized spacial score (nSPS) is 15.3. The zero-order chi connectivity index (χ0) is 20.1. The van der Waals surface area contributed by atoms with E-state index in [1.165, 1.54) is 24.6 Å². The molecule has 0 saturated heterocycles. The molecule has 2 heterocycles. The summed E-state index contributed by atoms with van der Waals surface area (Å²) in [7, 11) is 0. The number of rotatable bonds is 7. The van der Waals surface area contributed by atoms with Crippen LogP contribution in [-0.4, -0.2) is 36.9 Å². The Labute approximate surface area is 175 Å². The zero-order valence-corrected chi connectivity index (χ0v) is 17.3. The molecule has 1 amide bonds. The Morgan fingerprint density at radius 2 is 1.97 bits per heavy atom. The van der Waals surface area contributed by atoms with Gasteiger partial charge in [-0.05, 0) is 37.5 Å². The molecule has 0 bridgehead atoms. The third-order valence-corrected chi connectivity index (χ3v) is 6.25. The number of carbonyl (C=O) groups excluding carboxylic acids is 1. The minimum absolute atomic E-state index is 0.0686. The van der Waals surface area contributed by atoms with Gasteiger partial charge in [0, 0.05) is 24.0 Å². The number of aromatic nitrogens is 4. The quantitative estimate of drug-likeness (QED) is 0.601. The molecule has 1 aliphatic carbocycles. The van der Waals surface area contributed by atoms with Crippen LogP contribution in [0.3, 0.4) is 0 Å². The maximum Gasteiger partial charge on any atom is 0.233 e. The van der Waals surface area contributed by atoms with E-state index < -0.39 is 0 Å². The van der Waals surface area contributed by atoms with Gasteiger partial charge in [0.15, 0.2) is 11.0 Å². The van der Waals surface area contributed by atoms with Crippen molar-refractivity contribution in [2.24, 2.45) is 0 Å². The topological polar surface area (TPSA) is 72.7 Å². The van der Waals surface area contributed by atoms with E-state index in [1.807, 2.05) is 37.3 Å². The highest BCUT2D eigenvalue weighted by atomic mass is 32.2. The average molecular weight is 408 g/mol. The van der Waals surface area contributed by atoms with Crippen LogP contribution in [0.1, 0.15) is 38.2 Å². The number of amides is 1. The molecule has 1 aromatic carbocycles. The Morgan fingerprint density at radius 3 is 2.69 bits per heavy atom. The van der Waals surface area contributed by atoms with Crippen LogP contribution >= 0.6 is 11.8 Å². The van der Waals surface area contributed by atoms with Gasteiger partial charge >= 0.3 is 0 Å². The van der Waals surface area contributed by atoms with Crippen LogP contribution in [0.5, 0.6) is 0 Å². The van der Waals surface area contributed by atoms with Crippen molar-refractivity contribution in [1.29, 1.82) is 0 Å². The van der Waals surface area contributed by atoms with Gasteiger partial charge in [0.05, 0.1) is 11.8 Å². The molecule has 1 saturated carbocycles. The third kappa shape index (κ3) is 4.85. The molecule has 1 N–H and O–H groups in total. The van der Waals surface area contributed by atoms with Crippen LogP contribution < -0.4 is 5.32 Å². The molecule has 1 aliphatic rings. The van der Waals surface area contributed by atoms with Crippen LogP contribution in [0.4, 0.5) is 0 Å². The lowest BCUT2D eigenvalue weighted by molar-refractivity contribution is -0.120. The molecule has 1 fully saturated rings. The fourth-order valence-electron chi connectivity index (χ4n) is 3.59. The first-order valence-corrected chi connectivity index (χ1v) is 10.9. The Balaban J connectivity index is 1.57. The van der Waals surface area contributed by atoms with Gasteiger partial charge in [-0.2, -0.15) is 0 Å². The van der Waals surface area contributed by atoms with E-state index in [0.717, 1.165) is 34.9 Å². The Bertz CT molecular complexity index is 938. The lowest BCUT2D eigenvalue weighted by atomic mass is 10.2. The second-order valence-electron chi connectivity index (χ2n) is 7.37. The summed E-state index contributed by atoms with van der Waals surface area (Å²) in [5.74, 6) is 0.826. The maximum absolute atomic E-state index is 12.7. The summed E-state index contributed by atoms with van der Waals surface area (Å²) in [6.07, 6.45) is 8.10. The Kier molecular flexibility index (Phi) is 6.24. The van der Waals surface area contributed by atoms with E-state index in [9.17, 15) is 4.79 Å². The highest BCUT2D eigenvalue weighted by Crippen LogP contribution is 2.28. The second kappa shape index (κ2) is 9.22. The number of nitrogens with zero attached hydrogens (tertiary/aromatic N) is 4. The molecule has 7 heteroatoms. The minimum Gasteiger partial charge on any atom is -0.352 e. The van der Waals surface area contributed by atoms with Gasteiger partial charge in [-0.1, -0.05) is 54.9 Å². The standard InChI is InChI=1S/C22H25N5OS/c1-16(21(28)24-19-11-5-6-12-19)29-22-26-25-20(18-10-7-13-23-14-18)27(22)15-17-8-3-2-4-9-17/h2-4,7-10,13-14,16,19H,5-6,11-12,15H2,1H3,(H,24,28). The van der Waals surface area contributed by atoms with Crippen LogP contribution in [0.2, 0.25) is 0 Å². The van der Waals surface area contributed by atoms with Gasteiger partial charge in [-0.3, -0.25) is 14.3 Å². The van der Waals surface area contributed by atoms with Crippen molar-refractivity contribution in [2.45, 2.75) is 55.6 Å². The maximum atomic E-state index is 12.7. The van der Waals surface area contributed by atoms with Gasteiger partial charge in [-0.15, -0.1) is 10.2 Å². The van der Waals surface area contributed by atoms with Gasteiger partial charge in [0.25, 0.3) is 0 Å². The number of pyridine rings is 1. The molecule has 29 heavy (non-hydrogen) atoms. The number of benzene rings is 1. The fraction of sp³-hybridized carbons (Fsp3) is 0.364. The summed E-state index contributed by atoms with van der Waals surface area (Å²) in [6.45, 7) is 2.57. The predicted octanol–water partition coefficient (Wildman–Crippen LogP) is 3.93. The first kappa shape index (κ1) is 19.6. The lowest BCUT2D eigenvalue weighted by Gasteiger charge is -2.17. The second-order valence-corrected chi connectivity index (χ2v) is 8.68. The van der Waals surface area contributed by atoms with Crippen molar-refractivity contribution in [3.63, 3.8) is 0 Å². The van der Waals surface area contributed by atoms with E-state index in [1.54, 1.807) is 12.4 Å². The van der Waals surface area contributed by atoms with Crippen molar-refractivity contribution in [1.82, 2.24) is 25.1 Å². The fourth-order valence-corrected chi connectivity index (χ4v) is 4.45. The predicted molar refractivity (Wildman–Crippen MR) is 115 cm³/mol. The minimum atomic E-state index is -0.240. The lowest BCUT2D eigenvalue weighted by Crippen LogP contribution is -2.37. The van der Waals surface area contributed by atoms with E-state index in [2.05, 4.69) is 37.2 Å². The summed E-state index contributed by atoms with van der Waals surface area (Å²) < 4.78 is 2.07. The van der Waals surface area contributed by atoms with Crippen LogP contribution in [-0.2, 0) is 11.3 Å². The van der Waals surface area contributed by atoms with Crippen molar-refractivity contribution >= 4 is 17.7 Å². The van der Waals surface area contributed by atoms with Gasteiger partial charge in [-0.25, -0.2) is 0 Å². The molecule has 1 unspecified atom stereocenters. The summed E-state index contributed by atoms with van der Waals surface area (Å²) >= 11 is 1.45. The van der Waals surface area contributed by atoms with Gasteiger partial charge < -0.3 is 5.32 Å². The Morgan fingerprint density at radius 1 is 1.17 bits per heavy atom. The molecular formula is C22H25N5OS. The Hall–Kier alpha value is -2.67. The number of carbonyl (C=O) groups is 1. The summed E-state index contributed by atoms with van der Waals surface area (Å²) in [6, 6.07) is 14.4. The zero-order valence-electron chi connectivity index (χ0n) is 16.5. The molecule has 150 valence electrons. The van der Waals surface area contributed by atoms with Crippen molar-refractivity contribution in [3.8, 4) is 11.4 Å². The van der Waals surface area contributed by atoms with Crippen LogP contribution in [0.25, 0.3) is 11.4 Å². The molecule has 0 aliphatic heterocycles. The number of hydrogen-bond donors (Lipinski definition) is 1. The monoisotopic (exact) mass is 407 g/mol. The van der Waals surface area contributed by atoms with Crippen LogP contribution in [0.15, 0.2) is 60.0 Å². The largest absolute Gasteiger partial charge is 0.352 e. The molecule has 6 nitrogen and oxygen atoms in total. The van der Waals surface area contributed by atoms with Gasteiger partial charge in [0.2, 0.25) is 5.91 Å². The van der Waals surface area contributed by atoms with E-state index in [-0.39, 0.29) is 11.2 Å². The van der Waals surface area contributed by atoms with Crippen molar-refractivity contribution < 1.29 is 4.79 Å². The van der Waals surface area contributed by atoms with Crippen LogP contribution in [0, 0.1) is 0 Å². The molecule has 1 atom stereocenters. The highest BCUT2D eigenvalue weighted by Gasteiger charge is 2.24. The van der Waals surface area contributed by atoms with E-state index in [0.29, 0.717) is 12.6 Å². The van der Waals surface area contributed by atoms with E-state index >= 15 is 0 Å². The third-order valence-electron chi connectivity index (χ3n) is 5.17. The molecule has 3 aromatic rings. The summed E-state index contributed by atoms with van der Waals surface area (Å²) in [4.78, 5) is 16.9. The summed E-state index contributed by atoms with van der Waals surface area (Å²) in [5, 5.41) is 12.5. The molecule has 0 spiro atoms. The van der Waals surface area contributed by atoms with E-state index in [4.69, 9.17) is 0 Å². The molecule has 4 rings (SSSR count). The van der Waals surface area contributed by atoms with Crippen molar-refractivity contribution in [3.05, 3.63) is 60.4 Å². The number of hydrogen-bond acceptors (Lipinski definition) is 5. The van der Waals surface area contributed by atoms with Gasteiger partial charge in [0.1, 0.15) is 0 Å². The van der Waals surface area contributed by atoms with Crippen molar-refractivity contribution in [2.75, 3.05) is 0 Å². The molecule has 2 aromatic heterocycles. The SMILES string of the molecule is CC(Sc1nnc(-c2cccnc2)n1Cc1ccccc1)C(=O)NC1CCCC1. The molecular weight excluding hydrogens is 382 g/mol. The number of nitrogens with one attached hydrogen (secondary N) is 1. The first-order valence-electron chi connectivity index (χ1n) is 10.1. The first-order chi connectivity index (χ1) is 14.2. The summed E-state index contributed by atoms with van der Waals surface area (Å²) in [5.41, 5.74) is 2.06.